The zero-order valence-electron chi connectivity index (χ0n) is 10.8. The highest BCUT2D eigenvalue weighted by atomic mass is 16.3. The molecule has 1 aliphatic carbocycles. The average molecular weight is 243 g/mol. The number of hydrogen-bond donors (Lipinski definition) is 0. The van der Waals surface area contributed by atoms with Crippen LogP contribution in [0.5, 0.6) is 0 Å². The van der Waals surface area contributed by atoms with Crippen molar-refractivity contribution in [3.63, 3.8) is 0 Å². The first-order valence-corrected chi connectivity index (χ1v) is 6.40. The van der Waals surface area contributed by atoms with Gasteiger partial charge < -0.3 is 9.32 Å². The molecule has 1 heterocycles. The average Bonchev–Trinajstić information content (AvgIpc) is 3.12. The number of rotatable bonds is 3. The Kier molecular flexibility index (Phi) is 2.62. The monoisotopic (exact) mass is 243 g/mol. The summed E-state index contributed by atoms with van der Waals surface area (Å²) >= 11 is 0. The Morgan fingerprint density at radius 2 is 2.11 bits per heavy atom. The molecule has 1 fully saturated rings. The largest absolute Gasteiger partial charge is 0.451 e. The lowest BCUT2D eigenvalue weighted by Gasteiger charge is -2.15. The number of hydrogen-bond acceptors (Lipinski definition) is 2. The molecule has 0 unspecified atom stereocenters. The fraction of sp³-hybridized carbons (Fsp3) is 0.400. The fourth-order valence-corrected chi connectivity index (χ4v) is 2.32. The summed E-state index contributed by atoms with van der Waals surface area (Å²) in [6, 6.07) is 7.78. The van der Waals surface area contributed by atoms with E-state index >= 15 is 0 Å². The molecule has 1 amide bonds. The molecule has 3 nitrogen and oxygen atoms in total. The molecular weight excluding hydrogens is 226 g/mol. The van der Waals surface area contributed by atoms with E-state index in [0.29, 0.717) is 11.7 Å². The highest BCUT2D eigenvalue weighted by molar-refractivity contribution is 5.98. The summed E-state index contributed by atoms with van der Waals surface area (Å²) in [6.07, 6.45) is 2.49. The molecule has 1 aromatic heterocycles. The van der Waals surface area contributed by atoms with Crippen LogP contribution in [-0.2, 0) is 0 Å². The van der Waals surface area contributed by atoms with Crippen molar-refractivity contribution < 1.29 is 9.21 Å². The van der Waals surface area contributed by atoms with Gasteiger partial charge in [0.25, 0.3) is 5.91 Å². The lowest BCUT2D eigenvalue weighted by atomic mass is 10.1. The number of carbonyl (C=O) groups is 1. The second-order valence-corrected chi connectivity index (χ2v) is 5.18. The van der Waals surface area contributed by atoms with Crippen molar-refractivity contribution in [1.82, 2.24) is 4.90 Å². The topological polar surface area (TPSA) is 33.5 Å². The molecule has 0 saturated heterocycles. The summed E-state index contributed by atoms with van der Waals surface area (Å²) in [7, 11) is 1.85. The number of amides is 1. The Labute approximate surface area is 106 Å². The summed E-state index contributed by atoms with van der Waals surface area (Å²) in [6.45, 7) is 2.79. The molecule has 1 saturated carbocycles. The van der Waals surface area contributed by atoms with Gasteiger partial charge in [0.1, 0.15) is 5.58 Å². The Balaban J connectivity index is 1.92. The van der Waals surface area contributed by atoms with E-state index < -0.39 is 0 Å². The lowest BCUT2D eigenvalue weighted by molar-refractivity contribution is 0.0758. The number of nitrogens with zero attached hydrogens (tertiary/aromatic N) is 1. The molecule has 0 N–H and O–H groups in total. The van der Waals surface area contributed by atoms with Gasteiger partial charge >= 0.3 is 0 Å². The van der Waals surface area contributed by atoms with Crippen molar-refractivity contribution >= 4 is 16.9 Å². The summed E-state index contributed by atoms with van der Waals surface area (Å²) < 4.78 is 5.69. The van der Waals surface area contributed by atoms with E-state index in [-0.39, 0.29) is 5.91 Å². The van der Waals surface area contributed by atoms with Gasteiger partial charge in [-0.05, 0) is 31.7 Å². The van der Waals surface area contributed by atoms with Gasteiger partial charge in [0.2, 0.25) is 0 Å². The van der Waals surface area contributed by atoms with Crippen LogP contribution in [0.4, 0.5) is 0 Å². The van der Waals surface area contributed by atoms with Crippen LogP contribution >= 0.6 is 0 Å². The minimum atomic E-state index is -0.00407. The van der Waals surface area contributed by atoms with E-state index in [0.717, 1.165) is 23.1 Å². The van der Waals surface area contributed by atoms with E-state index in [9.17, 15) is 4.79 Å². The van der Waals surface area contributed by atoms with E-state index in [1.165, 1.54) is 12.8 Å². The number of aryl methyl sites for hydroxylation is 1. The van der Waals surface area contributed by atoms with E-state index in [1.807, 2.05) is 38.2 Å². The van der Waals surface area contributed by atoms with Crippen LogP contribution < -0.4 is 0 Å². The predicted molar refractivity (Wildman–Crippen MR) is 70.6 cm³/mol. The molecule has 1 aromatic carbocycles. The molecule has 0 bridgehead atoms. The maximum absolute atomic E-state index is 12.3. The number of furan rings is 1. The van der Waals surface area contributed by atoms with Gasteiger partial charge in [0, 0.05) is 24.5 Å². The van der Waals surface area contributed by atoms with Gasteiger partial charge in [0.05, 0.1) is 0 Å². The summed E-state index contributed by atoms with van der Waals surface area (Å²) in [5.41, 5.74) is 1.73. The summed E-state index contributed by atoms with van der Waals surface area (Å²) in [5, 5.41) is 1.03. The van der Waals surface area contributed by atoms with E-state index in [1.54, 1.807) is 4.90 Å². The van der Waals surface area contributed by atoms with Crippen LogP contribution in [-0.4, -0.2) is 24.4 Å². The van der Waals surface area contributed by atoms with Gasteiger partial charge in [-0.25, -0.2) is 0 Å². The van der Waals surface area contributed by atoms with Crippen LogP contribution in [0.25, 0.3) is 11.0 Å². The van der Waals surface area contributed by atoms with E-state index in [4.69, 9.17) is 4.42 Å². The van der Waals surface area contributed by atoms with Crippen LogP contribution in [0.15, 0.2) is 28.7 Å². The Bertz CT molecular complexity index is 596. The van der Waals surface area contributed by atoms with Gasteiger partial charge in [0.15, 0.2) is 5.76 Å². The molecule has 3 heteroatoms. The molecule has 0 radical (unpaired) electrons. The van der Waals surface area contributed by atoms with Crippen molar-refractivity contribution in [3.05, 3.63) is 35.6 Å². The van der Waals surface area contributed by atoms with Crippen molar-refractivity contribution in [2.45, 2.75) is 19.8 Å². The predicted octanol–water partition coefficient (Wildman–Crippen LogP) is 3.22. The molecular formula is C15H17NO2. The number of para-hydroxylation sites is 1. The van der Waals surface area contributed by atoms with Gasteiger partial charge in [-0.2, -0.15) is 0 Å². The smallest absolute Gasteiger partial charge is 0.289 e. The zero-order chi connectivity index (χ0) is 12.7. The second kappa shape index (κ2) is 4.16. The molecule has 18 heavy (non-hydrogen) atoms. The van der Waals surface area contributed by atoms with Gasteiger partial charge in [-0.3, -0.25) is 4.79 Å². The number of benzene rings is 1. The highest BCUT2D eigenvalue weighted by Gasteiger charge is 2.27. The van der Waals surface area contributed by atoms with Crippen LogP contribution in [0.3, 0.4) is 0 Å². The van der Waals surface area contributed by atoms with Gasteiger partial charge in [-0.1, -0.05) is 18.2 Å². The van der Waals surface area contributed by atoms with Gasteiger partial charge in [-0.15, -0.1) is 0 Å². The number of fused-ring (bicyclic) bond motifs is 1. The normalized spacial score (nSPS) is 15.0. The molecule has 1 aliphatic rings. The molecule has 3 rings (SSSR count). The third kappa shape index (κ3) is 1.90. The minimum Gasteiger partial charge on any atom is -0.451 e. The molecule has 94 valence electrons. The number of carbonyl (C=O) groups excluding carboxylic acids is 1. The van der Waals surface area contributed by atoms with Crippen LogP contribution in [0, 0.1) is 12.8 Å². The fourth-order valence-electron chi connectivity index (χ4n) is 2.32. The maximum Gasteiger partial charge on any atom is 0.289 e. The molecule has 2 aromatic rings. The Hall–Kier alpha value is -1.77. The van der Waals surface area contributed by atoms with Crippen molar-refractivity contribution in [2.75, 3.05) is 13.6 Å². The summed E-state index contributed by atoms with van der Waals surface area (Å²) in [5.74, 6) is 1.18. The van der Waals surface area contributed by atoms with E-state index in [2.05, 4.69) is 0 Å². The SMILES string of the molecule is Cc1c(C(=O)N(C)CC2CC2)oc2ccccc12. The van der Waals surface area contributed by atoms with Crippen LogP contribution in [0.1, 0.15) is 29.0 Å². The first-order valence-electron chi connectivity index (χ1n) is 6.40. The van der Waals surface area contributed by atoms with Crippen LogP contribution in [0.2, 0.25) is 0 Å². The maximum atomic E-state index is 12.3. The molecule has 0 aliphatic heterocycles. The third-order valence-corrected chi connectivity index (χ3v) is 3.61. The lowest BCUT2D eigenvalue weighted by Crippen LogP contribution is -2.28. The molecule has 0 spiro atoms. The second-order valence-electron chi connectivity index (χ2n) is 5.18. The van der Waals surface area contributed by atoms with Crippen molar-refractivity contribution in [1.29, 1.82) is 0 Å². The van der Waals surface area contributed by atoms with Crippen molar-refractivity contribution in [3.8, 4) is 0 Å². The minimum absolute atomic E-state index is 0.00407. The first-order chi connectivity index (χ1) is 8.66. The first kappa shape index (κ1) is 11.3. The Morgan fingerprint density at radius 3 is 2.78 bits per heavy atom. The standard InChI is InChI=1S/C15H17NO2/c1-10-12-5-3-4-6-13(12)18-14(10)15(17)16(2)9-11-7-8-11/h3-6,11H,7-9H2,1-2H3. The molecule has 0 atom stereocenters. The highest BCUT2D eigenvalue weighted by Crippen LogP contribution is 2.31. The summed E-state index contributed by atoms with van der Waals surface area (Å²) in [4.78, 5) is 14.1. The quantitative estimate of drug-likeness (QED) is 0.829. The third-order valence-electron chi connectivity index (χ3n) is 3.61. The van der Waals surface area contributed by atoms with Crippen molar-refractivity contribution in [2.24, 2.45) is 5.92 Å². The Morgan fingerprint density at radius 1 is 1.39 bits per heavy atom. The zero-order valence-corrected chi connectivity index (χ0v) is 10.8.